The molecule has 0 aliphatic carbocycles. The van der Waals surface area contributed by atoms with Gasteiger partial charge in [0.2, 0.25) is 5.91 Å². The first-order valence-electron chi connectivity index (χ1n) is 8.30. The van der Waals surface area contributed by atoms with Crippen LogP contribution in [0, 0.1) is 12.3 Å². The molecule has 0 bridgehead atoms. The van der Waals surface area contributed by atoms with Gasteiger partial charge in [-0.15, -0.1) is 0 Å². The van der Waals surface area contributed by atoms with E-state index < -0.39 is 5.41 Å². The minimum Gasteiger partial charge on any atom is -0.489 e. The van der Waals surface area contributed by atoms with Gasteiger partial charge in [0.25, 0.3) is 0 Å². The number of ether oxygens (including phenoxy) is 1. The van der Waals surface area contributed by atoms with Crippen LogP contribution in [0.1, 0.15) is 33.3 Å². The maximum Gasteiger partial charge on any atom is 0.224 e. The Morgan fingerprint density at radius 1 is 1.33 bits per heavy atom. The number of aryl methyl sites for hydroxylation is 1. The van der Waals surface area contributed by atoms with Crippen molar-refractivity contribution < 1.29 is 9.53 Å². The van der Waals surface area contributed by atoms with Gasteiger partial charge in [-0.25, -0.2) is 0 Å². The number of nitrogens with two attached hydrogens (primary N) is 1. The summed E-state index contributed by atoms with van der Waals surface area (Å²) in [6, 6.07) is 7.93. The molecule has 0 radical (unpaired) electrons. The molecule has 0 aromatic heterocycles. The lowest BCUT2D eigenvalue weighted by Crippen LogP contribution is -2.43. The molecule has 0 spiro atoms. The number of nitrogens with one attached hydrogen (secondary N) is 2. The maximum absolute atomic E-state index is 11.4. The Morgan fingerprint density at radius 3 is 2.58 bits per heavy atom. The van der Waals surface area contributed by atoms with Gasteiger partial charge in [0.1, 0.15) is 11.9 Å². The Balaban J connectivity index is 2.59. The van der Waals surface area contributed by atoms with Crippen molar-refractivity contribution in [1.29, 1.82) is 0 Å². The average Bonchev–Trinajstić information content (AvgIpc) is 2.52. The number of carbonyl (C=O) groups excluding carboxylic acids is 1. The molecule has 0 saturated carbocycles. The van der Waals surface area contributed by atoms with Crippen LogP contribution in [0.4, 0.5) is 0 Å². The summed E-state index contributed by atoms with van der Waals surface area (Å²) in [5, 5.41) is 6.39. The fourth-order valence-electron chi connectivity index (χ4n) is 1.88. The Hall–Kier alpha value is -2.24. The zero-order valence-electron chi connectivity index (χ0n) is 15.3. The lowest BCUT2D eigenvalue weighted by molar-refractivity contribution is -0.125. The molecule has 6 heteroatoms. The van der Waals surface area contributed by atoms with Crippen LogP contribution in [-0.2, 0) is 4.79 Å². The van der Waals surface area contributed by atoms with E-state index in [0.717, 1.165) is 17.9 Å². The lowest BCUT2D eigenvalue weighted by atomic mass is 9.93. The highest BCUT2D eigenvalue weighted by Gasteiger charge is 2.24. The summed E-state index contributed by atoms with van der Waals surface area (Å²) in [4.78, 5) is 15.8. The molecule has 1 amide bonds. The summed E-state index contributed by atoms with van der Waals surface area (Å²) in [5.41, 5.74) is 5.81. The van der Waals surface area contributed by atoms with Crippen LogP contribution in [0.2, 0.25) is 0 Å². The molecular weight excluding hydrogens is 304 g/mol. The highest BCUT2D eigenvalue weighted by atomic mass is 16.5. The molecule has 6 nitrogen and oxygen atoms in total. The van der Waals surface area contributed by atoms with Crippen molar-refractivity contribution in [3.63, 3.8) is 0 Å². The Morgan fingerprint density at radius 2 is 2.00 bits per heavy atom. The fourth-order valence-corrected chi connectivity index (χ4v) is 1.88. The highest BCUT2D eigenvalue weighted by molar-refractivity contribution is 5.82. The van der Waals surface area contributed by atoms with Crippen LogP contribution in [0.5, 0.6) is 5.75 Å². The Kier molecular flexibility index (Phi) is 7.55. The van der Waals surface area contributed by atoms with E-state index in [-0.39, 0.29) is 12.0 Å². The molecule has 1 rings (SSSR count). The predicted molar refractivity (Wildman–Crippen MR) is 98.2 cm³/mol. The standard InChI is InChI=1S/C18H30N4O2/c1-6-20-17(22-12-18(4,5)16(19)23)21-11-14(3)24-15-10-8-7-9-13(15)2/h7-10,14H,6,11-12H2,1-5H3,(H2,19,23)(H2,20,21,22). The molecule has 1 unspecified atom stereocenters. The molecule has 1 aromatic rings. The van der Waals surface area contributed by atoms with Gasteiger partial charge in [-0.2, -0.15) is 0 Å². The smallest absolute Gasteiger partial charge is 0.224 e. The minimum absolute atomic E-state index is 0.0286. The molecule has 24 heavy (non-hydrogen) atoms. The summed E-state index contributed by atoms with van der Waals surface area (Å²) in [7, 11) is 0. The zero-order valence-corrected chi connectivity index (χ0v) is 15.3. The SMILES string of the molecule is CCNC(=NCC(C)(C)C(N)=O)NCC(C)Oc1ccccc1C. The summed E-state index contributed by atoms with van der Waals surface area (Å²) >= 11 is 0. The lowest BCUT2D eigenvalue weighted by Gasteiger charge is -2.21. The van der Waals surface area contributed by atoms with Gasteiger partial charge >= 0.3 is 0 Å². The van der Waals surface area contributed by atoms with Crippen LogP contribution in [-0.4, -0.2) is 37.6 Å². The van der Waals surface area contributed by atoms with E-state index in [0.29, 0.717) is 19.0 Å². The third kappa shape index (κ3) is 6.48. The van der Waals surface area contributed by atoms with Gasteiger partial charge < -0.3 is 21.1 Å². The number of amides is 1. The first-order valence-corrected chi connectivity index (χ1v) is 8.30. The molecule has 0 fully saturated rings. The number of benzene rings is 1. The molecule has 1 atom stereocenters. The second kappa shape index (κ2) is 9.15. The number of para-hydroxylation sites is 1. The maximum atomic E-state index is 11.4. The van der Waals surface area contributed by atoms with Crippen LogP contribution in [0.25, 0.3) is 0 Å². The first kappa shape index (κ1) is 19.8. The Labute approximate surface area is 144 Å². The third-order valence-corrected chi connectivity index (χ3v) is 3.62. The second-order valence-electron chi connectivity index (χ2n) is 6.52. The number of hydrogen-bond acceptors (Lipinski definition) is 3. The number of rotatable bonds is 8. The monoisotopic (exact) mass is 334 g/mol. The van der Waals surface area contributed by atoms with Crippen molar-refractivity contribution in [2.75, 3.05) is 19.6 Å². The quantitative estimate of drug-likeness (QED) is 0.500. The van der Waals surface area contributed by atoms with Gasteiger partial charge in [-0.1, -0.05) is 18.2 Å². The molecule has 1 aromatic carbocycles. The van der Waals surface area contributed by atoms with E-state index in [1.807, 2.05) is 45.0 Å². The normalized spacial score (nSPS) is 13.3. The van der Waals surface area contributed by atoms with Crippen molar-refractivity contribution in [3.8, 4) is 5.75 Å². The molecule has 0 saturated heterocycles. The average molecular weight is 334 g/mol. The largest absolute Gasteiger partial charge is 0.489 e. The fraction of sp³-hybridized carbons (Fsp3) is 0.556. The predicted octanol–water partition coefficient (Wildman–Crippen LogP) is 1.83. The number of primary amides is 1. The zero-order chi connectivity index (χ0) is 18.2. The third-order valence-electron chi connectivity index (χ3n) is 3.62. The minimum atomic E-state index is -0.675. The van der Waals surface area contributed by atoms with Gasteiger partial charge in [0.15, 0.2) is 5.96 Å². The molecule has 134 valence electrons. The van der Waals surface area contributed by atoms with E-state index in [1.165, 1.54) is 0 Å². The second-order valence-corrected chi connectivity index (χ2v) is 6.52. The van der Waals surface area contributed by atoms with E-state index in [1.54, 1.807) is 13.8 Å². The van der Waals surface area contributed by atoms with Crippen molar-refractivity contribution in [2.24, 2.45) is 16.1 Å². The first-order chi connectivity index (χ1) is 11.3. The van der Waals surface area contributed by atoms with Gasteiger partial charge in [0.05, 0.1) is 18.5 Å². The summed E-state index contributed by atoms with van der Waals surface area (Å²) in [6.07, 6.45) is -0.0286. The molecule has 0 aliphatic heterocycles. The van der Waals surface area contributed by atoms with E-state index in [9.17, 15) is 4.79 Å². The highest BCUT2D eigenvalue weighted by Crippen LogP contribution is 2.17. The van der Waals surface area contributed by atoms with E-state index >= 15 is 0 Å². The van der Waals surface area contributed by atoms with Crippen molar-refractivity contribution >= 4 is 11.9 Å². The van der Waals surface area contributed by atoms with Gasteiger partial charge in [-0.3, -0.25) is 9.79 Å². The van der Waals surface area contributed by atoms with Crippen LogP contribution < -0.4 is 21.1 Å². The van der Waals surface area contributed by atoms with Crippen molar-refractivity contribution in [2.45, 2.75) is 40.7 Å². The van der Waals surface area contributed by atoms with Crippen molar-refractivity contribution in [1.82, 2.24) is 10.6 Å². The van der Waals surface area contributed by atoms with Crippen molar-refractivity contribution in [3.05, 3.63) is 29.8 Å². The molecule has 4 N–H and O–H groups in total. The summed E-state index contributed by atoms with van der Waals surface area (Å²) in [6.45, 7) is 11.2. The van der Waals surface area contributed by atoms with E-state index in [2.05, 4.69) is 15.6 Å². The van der Waals surface area contributed by atoms with Crippen LogP contribution in [0.15, 0.2) is 29.3 Å². The molecule has 0 aliphatic rings. The Bertz CT molecular complexity index is 570. The topological polar surface area (TPSA) is 88.7 Å². The molecule has 0 heterocycles. The summed E-state index contributed by atoms with van der Waals surface area (Å²) < 4.78 is 5.94. The number of guanidine groups is 1. The number of carbonyl (C=O) groups is 1. The van der Waals surface area contributed by atoms with Gasteiger partial charge in [0, 0.05) is 6.54 Å². The van der Waals surface area contributed by atoms with E-state index in [4.69, 9.17) is 10.5 Å². The molecular formula is C18H30N4O2. The number of nitrogens with zero attached hydrogens (tertiary/aromatic N) is 1. The van der Waals surface area contributed by atoms with Crippen LogP contribution in [0.3, 0.4) is 0 Å². The summed E-state index contributed by atoms with van der Waals surface area (Å²) in [5.74, 6) is 1.16. The van der Waals surface area contributed by atoms with Crippen LogP contribution >= 0.6 is 0 Å². The van der Waals surface area contributed by atoms with Gasteiger partial charge in [-0.05, 0) is 46.2 Å². The number of hydrogen-bond donors (Lipinski definition) is 3. The number of aliphatic imine (C=N–C) groups is 1.